The van der Waals surface area contributed by atoms with Crippen LogP contribution in [0.1, 0.15) is 5.56 Å². The van der Waals surface area contributed by atoms with E-state index >= 15 is 0 Å². The highest BCUT2D eigenvalue weighted by molar-refractivity contribution is 6.31. The number of hydrogen-bond donors (Lipinski definition) is 2. The number of hydrazine groups is 1. The summed E-state index contributed by atoms with van der Waals surface area (Å²) in [6.45, 7) is -0.609. The van der Waals surface area contributed by atoms with Crippen molar-refractivity contribution >= 4 is 40.9 Å². The topological polar surface area (TPSA) is 140 Å². The quantitative estimate of drug-likeness (QED) is 0.207. The molecule has 12 heteroatoms. The fourth-order valence-corrected chi connectivity index (χ4v) is 3.47. The minimum absolute atomic E-state index is 0.0959. The standard InChI is InChI=1S/C25H19FN4O7/c1-36-21-13-15(11-19-24(32)28-29(25(19)33)18-5-3-2-4-6-18)12-20(30(34)35)23(21)37-14-22(31)27-17-9-7-16(26)8-10-17/h2-13H,14H2,1H3,(H,27,31)(H,28,32)/b19-11-. The van der Waals surface area contributed by atoms with E-state index in [9.17, 15) is 28.9 Å². The summed E-state index contributed by atoms with van der Waals surface area (Å²) in [4.78, 5) is 48.5. The largest absolute Gasteiger partial charge is 0.493 e. The van der Waals surface area contributed by atoms with Crippen molar-refractivity contribution in [1.29, 1.82) is 0 Å². The molecule has 3 aromatic rings. The van der Waals surface area contributed by atoms with E-state index in [1.54, 1.807) is 30.3 Å². The summed E-state index contributed by atoms with van der Waals surface area (Å²) in [6.07, 6.45) is 1.20. The molecule has 3 aromatic carbocycles. The highest BCUT2D eigenvalue weighted by Gasteiger charge is 2.35. The monoisotopic (exact) mass is 506 g/mol. The SMILES string of the molecule is COc1cc(/C=C2/C(=O)NN(c3ccccc3)C2=O)cc([N+](=O)[O-])c1OCC(=O)Nc1ccc(F)cc1. The third kappa shape index (κ3) is 5.53. The first-order chi connectivity index (χ1) is 17.8. The molecule has 0 radical (unpaired) electrons. The van der Waals surface area contributed by atoms with E-state index in [2.05, 4.69) is 10.7 Å². The summed E-state index contributed by atoms with van der Waals surface area (Å²) in [6, 6.07) is 15.8. The summed E-state index contributed by atoms with van der Waals surface area (Å²) >= 11 is 0. The van der Waals surface area contributed by atoms with Crippen LogP contribution in [0.5, 0.6) is 11.5 Å². The Balaban J connectivity index is 1.58. The molecule has 0 bridgehead atoms. The van der Waals surface area contributed by atoms with Crippen LogP contribution in [-0.2, 0) is 14.4 Å². The van der Waals surface area contributed by atoms with Gasteiger partial charge in [-0.2, -0.15) is 0 Å². The molecule has 1 fully saturated rings. The third-order valence-electron chi connectivity index (χ3n) is 5.17. The number of carbonyl (C=O) groups is 3. The van der Waals surface area contributed by atoms with Gasteiger partial charge >= 0.3 is 5.69 Å². The number of nitro groups is 1. The number of carbonyl (C=O) groups excluding carboxylic acids is 3. The molecule has 11 nitrogen and oxygen atoms in total. The first-order valence-corrected chi connectivity index (χ1v) is 10.7. The Morgan fingerprint density at radius 1 is 1.14 bits per heavy atom. The second kappa shape index (κ2) is 10.6. The normalized spacial score (nSPS) is 13.9. The number of rotatable bonds is 8. The molecule has 2 N–H and O–H groups in total. The van der Waals surface area contributed by atoms with Gasteiger partial charge in [-0.25, -0.2) is 9.40 Å². The molecular weight excluding hydrogens is 487 g/mol. The number of anilines is 2. The number of amides is 3. The van der Waals surface area contributed by atoms with Crippen molar-refractivity contribution in [1.82, 2.24) is 5.43 Å². The molecule has 0 spiro atoms. The Morgan fingerprint density at radius 2 is 1.84 bits per heavy atom. The van der Waals surface area contributed by atoms with Gasteiger partial charge in [0.15, 0.2) is 12.4 Å². The summed E-state index contributed by atoms with van der Waals surface area (Å²) in [7, 11) is 1.24. The van der Waals surface area contributed by atoms with Crippen LogP contribution in [0.25, 0.3) is 6.08 Å². The Labute approximate surface area is 209 Å². The van der Waals surface area contributed by atoms with Gasteiger partial charge in [0.2, 0.25) is 5.75 Å². The average Bonchev–Trinajstić information content (AvgIpc) is 3.17. The number of ether oxygens (including phenoxy) is 2. The molecule has 0 aliphatic carbocycles. The zero-order valence-corrected chi connectivity index (χ0v) is 19.3. The molecule has 1 aliphatic heterocycles. The molecule has 188 valence electrons. The van der Waals surface area contributed by atoms with Crippen molar-refractivity contribution in [3.8, 4) is 11.5 Å². The minimum atomic E-state index is -0.745. The molecule has 0 atom stereocenters. The number of benzene rings is 3. The number of nitrogens with one attached hydrogen (secondary N) is 2. The number of methoxy groups -OCH3 is 1. The Bertz CT molecular complexity index is 1410. The van der Waals surface area contributed by atoms with E-state index in [4.69, 9.17) is 9.47 Å². The minimum Gasteiger partial charge on any atom is -0.493 e. The van der Waals surface area contributed by atoms with Gasteiger partial charge < -0.3 is 14.8 Å². The van der Waals surface area contributed by atoms with Gasteiger partial charge in [0.1, 0.15) is 11.4 Å². The van der Waals surface area contributed by atoms with Crippen LogP contribution < -0.4 is 25.2 Å². The second-order valence-electron chi connectivity index (χ2n) is 7.65. The lowest BCUT2D eigenvalue weighted by molar-refractivity contribution is -0.385. The predicted molar refractivity (Wildman–Crippen MR) is 130 cm³/mol. The zero-order chi connectivity index (χ0) is 26.5. The van der Waals surface area contributed by atoms with Gasteiger partial charge in [0.05, 0.1) is 17.7 Å². The molecular formula is C25H19FN4O7. The molecule has 37 heavy (non-hydrogen) atoms. The van der Waals surface area contributed by atoms with E-state index in [1.807, 2.05) is 0 Å². The summed E-state index contributed by atoms with van der Waals surface area (Å²) in [5.41, 5.74) is 2.53. The first-order valence-electron chi connectivity index (χ1n) is 10.7. The molecule has 0 aromatic heterocycles. The van der Waals surface area contributed by atoms with Crippen molar-refractivity contribution in [3.05, 3.63) is 93.8 Å². The van der Waals surface area contributed by atoms with Crippen LogP contribution >= 0.6 is 0 Å². The number of halogens is 1. The van der Waals surface area contributed by atoms with Crippen LogP contribution in [0.4, 0.5) is 21.5 Å². The van der Waals surface area contributed by atoms with Crippen LogP contribution in [0.3, 0.4) is 0 Å². The molecule has 3 amide bonds. The zero-order valence-electron chi connectivity index (χ0n) is 19.3. The van der Waals surface area contributed by atoms with Crippen LogP contribution in [0, 0.1) is 15.9 Å². The number of hydrogen-bond acceptors (Lipinski definition) is 7. The lowest BCUT2D eigenvalue weighted by Gasteiger charge is -2.14. The molecule has 0 saturated carbocycles. The summed E-state index contributed by atoms with van der Waals surface area (Å²) in [5, 5.41) is 15.3. The van der Waals surface area contributed by atoms with Crippen molar-refractivity contribution in [3.63, 3.8) is 0 Å². The summed E-state index contributed by atoms with van der Waals surface area (Å²) < 4.78 is 23.6. The van der Waals surface area contributed by atoms with Crippen LogP contribution in [0.2, 0.25) is 0 Å². The second-order valence-corrected chi connectivity index (χ2v) is 7.65. The lowest BCUT2D eigenvalue weighted by Crippen LogP contribution is -2.35. The average molecular weight is 506 g/mol. The lowest BCUT2D eigenvalue weighted by atomic mass is 10.1. The fourth-order valence-electron chi connectivity index (χ4n) is 3.47. The molecule has 1 saturated heterocycles. The maximum absolute atomic E-state index is 13.0. The van der Waals surface area contributed by atoms with E-state index in [0.717, 1.165) is 23.2 Å². The molecule has 4 rings (SSSR count). The maximum Gasteiger partial charge on any atom is 0.315 e. The van der Waals surface area contributed by atoms with Crippen molar-refractivity contribution < 1.29 is 33.2 Å². The number of para-hydroxylation sites is 1. The van der Waals surface area contributed by atoms with Crippen molar-refractivity contribution in [2.45, 2.75) is 0 Å². The number of nitro benzene ring substituents is 1. The van der Waals surface area contributed by atoms with Crippen LogP contribution in [-0.4, -0.2) is 36.4 Å². The van der Waals surface area contributed by atoms with E-state index in [-0.39, 0.29) is 22.6 Å². The van der Waals surface area contributed by atoms with E-state index < -0.39 is 40.8 Å². The van der Waals surface area contributed by atoms with Gasteiger partial charge in [-0.05, 0) is 54.1 Å². The first kappa shape index (κ1) is 24.9. The third-order valence-corrected chi connectivity index (χ3v) is 5.17. The highest BCUT2D eigenvalue weighted by Crippen LogP contribution is 2.39. The Kier molecular flexibility index (Phi) is 7.09. The molecule has 1 heterocycles. The smallest absolute Gasteiger partial charge is 0.315 e. The van der Waals surface area contributed by atoms with Gasteiger partial charge in [0.25, 0.3) is 17.7 Å². The molecule has 1 aliphatic rings. The van der Waals surface area contributed by atoms with Crippen molar-refractivity contribution in [2.75, 3.05) is 24.0 Å². The van der Waals surface area contributed by atoms with Crippen LogP contribution in [0.15, 0.2) is 72.3 Å². The van der Waals surface area contributed by atoms with Crippen molar-refractivity contribution in [2.24, 2.45) is 0 Å². The van der Waals surface area contributed by atoms with Gasteiger partial charge in [-0.15, -0.1) is 0 Å². The predicted octanol–water partition coefficient (Wildman–Crippen LogP) is 3.22. The number of nitrogens with zero attached hydrogens (tertiary/aromatic N) is 2. The van der Waals surface area contributed by atoms with E-state index in [0.29, 0.717) is 11.4 Å². The van der Waals surface area contributed by atoms with Gasteiger partial charge in [-0.3, -0.25) is 29.9 Å². The Morgan fingerprint density at radius 3 is 2.49 bits per heavy atom. The van der Waals surface area contributed by atoms with E-state index in [1.165, 1.54) is 31.4 Å². The fraction of sp³-hybridized carbons (Fsp3) is 0.0800. The summed E-state index contributed by atoms with van der Waals surface area (Å²) in [5.74, 6) is -2.88. The van der Waals surface area contributed by atoms with Gasteiger partial charge in [-0.1, -0.05) is 18.2 Å². The maximum atomic E-state index is 13.0. The van der Waals surface area contributed by atoms with Gasteiger partial charge in [0, 0.05) is 11.8 Å². The Hall–Kier alpha value is -5.26. The highest BCUT2D eigenvalue weighted by atomic mass is 19.1. The molecule has 0 unspecified atom stereocenters.